The number of benzene rings is 4. The Bertz CT molecular complexity index is 2290. The van der Waals surface area contributed by atoms with Crippen LogP contribution in [0.15, 0.2) is 103 Å². The number of rotatable bonds is 21. The van der Waals surface area contributed by atoms with E-state index in [0.717, 1.165) is 38.4 Å². The third kappa shape index (κ3) is 15.6. The Hall–Kier alpha value is -5.71. The number of aromatic amines is 1. The molecule has 12 N–H and O–H groups in total. The molecule has 6 atom stereocenters. The lowest BCUT2D eigenvalue weighted by atomic mass is 10.0. The van der Waals surface area contributed by atoms with Crippen LogP contribution < -0.4 is 43.8 Å². The highest BCUT2D eigenvalue weighted by molar-refractivity contribution is 5.97. The van der Waals surface area contributed by atoms with Crippen LogP contribution in [0.5, 0.6) is 0 Å². The predicted octanol–water partition coefficient (Wildman–Crippen LogP) is 3.02. The standard InChI is InChI=1S/C45H55N9O6.3ClH/c1-27(47)41(56)52-38(24-30-19-20-31-14-6-7-15-32(31)22-30)43(58)50-28(2)42(57)53-39(25-33-26-49-35-17-9-8-16-34(33)35)45(60)54-37(23-29-12-4-3-5-13-29)44(59)51-36(40(48)55)18-10-11-21-46;;;/h3-9,12-17,19-20,22,26-28,36-39,49H,10-11,18,21,23-25,46-47H2,1-2H3,(H2,48,55)(H,50,58)(H,51,59)(H,52,56)(H,53,57)(H,54,60);3*1H/t27-,28+,36+,37+,38-,39+;;;/m1.../s1. The smallest absolute Gasteiger partial charge is 0.243 e. The van der Waals surface area contributed by atoms with Gasteiger partial charge in [0.15, 0.2) is 0 Å². The van der Waals surface area contributed by atoms with Crippen LogP contribution in [0.25, 0.3) is 21.7 Å². The van der Waals surface area contributed by atoms with Crippen LogP contribution in [-0.2, 0) is 48.0 Å². The third-order valence-corrected chi connectivity index (χ3v) is 10.3. The van der Waals surface area contributed by atoms with Gasteiger partial charge in [0.05, 0.1) is 6.04 Å². The first-order chi connectivity index (χ1) is 28.8. The zero-order valence-corrected chi connectivity index (χ0v) is 37.6. The number of unbranched alkanes of at least 4 members (excludes halogenated alkanes) is 1. The Labute approximate surface area is 385 Å². The largest absolute Gasteiger partial charge is 0.368 e. The Balaban J connectivity index is 0.00000455. The molecule has 0 saturated carbocycles. The minimum atomic E-state index is -1.23. The van der Waals surface area contributed by atoms with Crippen LogP contribution in [0, 0.1) is 0 Å². The summed E-state index contributed by atoms with van der Waals surface area (Å²) >= 11 is 0. The SMILES string of the molecule is C[C@H](NC(=O)[C@@H](Cc1ccc2ccccc2c1)NC(=O)[C@@H](C)N)C(=O)N[C@@H](Cc1c[nH]c2ccccc12)C(=O)N[C@@H](Cc1ccccc1)C(=O)N[C@@H](CCCCN)C(N)=O.Cl.Cl.Cl. The summed E-state index contributed by atoms with van der Waals surface area (Å²) in [6.45, 7) is 3.38. The second-order valence-corrected chi connectivity index (χ2v) is 15.1. The second-order valence-electron chi connectivity index (χ2n) is 15.1. The second kappa shape index (κ2) is 26.0. The Kier molecular flexibility index (Phi) is 22.1. The summed E-state index contributed by atoms with van der Waals surface area (Å²) < 4.78 is 0. The molecule has 0 radical (unpaired) electrons. The van der Waals surface area contributed by atoms with E-state index in [0.29, 0.717) is 19.4 Å². The molecule has 0 unspecified atom stereocenters. The van der Waals surface area contributed by atoms with Crippen molar-refractivity contribution in [3.8, 4) is 0 Å². The van der Waals surface area contributed by atoms with E-state index >= 15 is 0 Å². The summed E-state index contributed by atoms with van der Waals surface area (Å²) in [5.41, 5.74) is 20.2. The molecule has 4 aromatic carbocycles. The summed E-state index contributed by atoms with van der Waals surface area (Å²) in [4.78, 5) is 84.2. The van der Waals surface area contributed by atoms with Crippen LogP contribution in [0.1, 0.15) is 49.8 Å². The van der Waals surface area contributed by atoms with Gasteiger partial charge in [-0.2, -0.15) is 0 Å². The number of H-pyrrole nitrogens is 1. The first-order valence-corrected chi connectivity index (χ1v) is 20.2. The van der Waals surface area contributed by atoms with Gasteiger partial charge in [-0.25, -0.2) is 0 Å². The number of nitrogens with one attached hydrogen (secondary N) is 6. The highest BCUT2D eigenvalue weighted by atomic mass is 35.5. The lowest BCUT2D eigenvalue weighted by Gasteiger charge is -2.26. The maximum atomic E-state index is 14.3. The Morgan fingerprint density at radius 2 is 1.11 bits per heavy atom. The van der Waals surface area contributed by atoms with Crippen LogP contribution in [0.4, 0.5) is 0 Å². The van der Waals surface area contributed by atoms with Crippen LogP contribution >= 0.6 is 37.2 Å². The molecule has 0 spiro atoms. The molecule has 1 aromatic heterocycles. The van der Waals surface area contributed by atoms with Crippen LogP contribution in [0.2, 0.25) is 0 Å². The highest BCUT2D eigenvalue weighted by Crippen LogP contribution is 2.20. The summed E-state index contributed by atoms with van der Waals surface area (Å²) in [5.74, 6) is -3.90. The Morgan fingerprint density at radius 3 is 1.76 bits per heavy atom. The fourth-order valence-corrected chi connectivity index (χ4v) is 6.90. The molecule has 5 aromatic rings. The predicted molar refractivity (Wildman–Crippen MR) is 253 cm³/mol. The average molecular weight is 927 g/mol. The molecule has 340 valence electrons. The van der Waals surface area contributed by atoms with Crippen molar-refractivity contribution in [2.24, 2.45) is 17.2 Å². The molecular formula is C45H58Cl3N9O6. The van der Waals surface area contributed by atoms with Gasteiger partial charge in [0.2, 0.25) is 35.4 Å². The molecular weight excluding hydrogens is 869 g/mol. The third-order valence-electron chi connectivity index (χ3n) is 10.3. The molecule has 0 aliphatic carbocycles. The van der Waals surface area contributed by atoms with Gasteiger partial charge in [-0.15, -0.1) is 37.2 Å². The number of fused-ring (bicyclic) bond motifs is 2. The molecule has 0 aliphatic heterocycles. The monoisotopic (exact) mass is 925 g/mol. The molecule has 0 saturated heterocycles. The molecule has 5 rings (SSSR count). The van der Waals surface area contributed by atoms with Gasteiger partial charge >= 0.3 is 0 Å². The lowest BCUT2D eigenvalue weighted by Crippen LogP contribution is -2.59. The van der Waals surface area contributed by atoms with Gasteiger partial charge in [-0.3, -0.25) is 28.8 Å². The van der Waals surface area contributed by atoms with Gasteiger partial charge < -0.3 is 48.8 Å². The summed E-state index contributed by atoms with van der Waals surface area (Å²) in [5, 5.41) is 16.5. The number of hydrogen-bond donors (Lipinski definition) is 9. The first kappa shape index (κ1) is 53.4. The molecule has 0 bridgehead atoms. The minimum absolute atomic E-state index is 0. The van der Waals surface area contributed by atoms with Gasteiger partial charge in [-0.1, -0.05) is 91.0 Å². The topological polar surface area (TPSA) is 256 Å². The summed E-state index contributed by atoms with van der Waals surface area (Å²) in [6.07, 6.45) is 3.39. The fourth-order valence-electron chi connectivity index (χ4n) is 6.90. The molecule has 63 heavy (non-hydrogen) atoms. The van der Waals surface area contributed by atoms with E-state index in [1.165, 1.54) is 13.8 Å². The number of carbonyl (C=O) groups is 6. The molecule has 15 nitrogen and oxygen atoms in total. The van der Waals surface area contributed by atoms with E-state index < -0.39 is 71.7 Å². The van der Waals surface area contributed by atoms with Crippen LogP contribution in [-0.4, -0.2) is 83.2 Å². The quantitative estimate of drug-likeness (QED) is 0.0494. The minimum Gasteiger partial charge on any atom is -0.368 e. The first-order valence-electron chi connectivity index (χ1n) is 20.2. The Morgan fingerprint density at radius 1 is 0.571 bits per heavy atom. The van der Waals surface area contributed by atoms with Crippen molar-refractivity contribution in [2.45, 2.75) is 88.6 Å². The number of nitrogens with two attached hydrogens (primary N) is 3. The van der Waals surface area contributed by atoms with Gasteiger partial charge in [0, 0.05) is 36.4 Å². The molecule has 0 fully saturated rings. The zero-order valence-electron chi connectivity index (χ0n) is 35.1. The van der Waals surface area contributed by atoms with E-state index in [-0.39, 0.29) is 62.9 Å². The molecule has 0 aliphatic rings. The fraction of sp³-hybridized carbons (Fsp3) is 0.333. The number of hydrogen-bond acceptors (Lipinski definition) is 8. The zero-order chi connectivity index (χ0) is 43.2. The lowest BCUT2D eigenvalue weighted by molar-refractivity contribution is -0.134. The van der Waals surface area contributed by atoms with Gasteiger partial charge in [-0.05, 0) is 73.2 Å². The maximum Gasteiger partial charge on any atom is 0.243 e. The molecule has 1 heterocycles. The number of aromatic nitrogens is 1. The number of para-hydroxylation sites is 1. The van der Waals surface area contributed by atoms with E-state index in [2.05, 4.69) is 31.6 Å². The number of primary amides is 1. The van der Waals surface area contributed by atoms with Gasteiger partial charge in [0.1, 0.15) is 30.2 Å². The molecule has 18 heteroatoms. The number of amides is 6. The van der Waals surface area contributed by atoms with Crippen LogP contribution in [0.3, 0.4) is 0 Å². The average Bonchev–Trinajstić information content (AvgIpc) is 3.65. The molecule has 6 amide bonds. The van der Waals surface area contributed by atoms with Crippen molar-refractivity contribution in [2.75, 3.05) is 6.54 Å². The van der Waals surface area contributed by atoms with Crippen molar-refractivity contribution < 1.29 is 28.8 Å². The van der Waals surface area contributed by atoms with Crippen molar-refractivity contribution in [3.63, 3.8) is 0 Å². The van der Waals surface area contributed by atoms with Gasteiger partial charge in [0.25, 0.3) is 0 Å². The van der Waals surface area contributed by atoms with Crippen molar-refractivity contribution >= 4 is 94.3 Å². The van der Waals surface area contributed by atoms with E-state index in [1.54, 1.807) is 30.5 Å². The van der Waals surface area contributed by atoms with E-state index in [1.807, 2.05) is 72.8 Å². The highest BCUT2D eigenvalue weighted by Gasteiger charge is 2.32. The number of carbonyl (C=O) groups excluding carboxylic acids is 6. The van der Waals surface area contributed by atoms with Crippen molar-refractivity contribution in [1.29, 1.82) is 0 Å². The normalized spacial score (nSPS) is 13.5. The number of halogens is 3. The van der Waals surface area contributed by atoms with E-state index in [4.69, 9.17) is 17.2 Å². The van der Waals surface area contributed by atoms with E-state index in [9.17, 15) is 28.8 Å². The van der Waals surface area contributed by atoms with Crippen molar-refractivity contribution in [3.05, 3.63) is 120 Å². The summed E-state index contributed by atoms with van der Waals surface area (Å²) in [6, 6.07) is 23.4. The summed E-state index contributed by atoms with van der Waals surface area (Å²) in [7, 11) is 0. The maximum absolute atomic E-state index is 14.3. The van der Waals surface area contributed by atoms with Crippen molar-refractivity contribution in [1.82, 2.24) is 31.6 Å².